The van der Waals surface area contributed by atoms with E-state index in [1.807, 2.05) is 77.7 Å². The quantitative estimate of drug-likeness (QED) is 0.432. The van der Waals surface area contributed by atoms with E-state index in [1.165, 1.54) is 0 Å². The van der Waals surface area contributed by atoms with Crippen molar-refractivity contribution in [2.45, 2.75) is 20.4 Å². The molecule has 2 aromatic heterocycles. The zero-order chi connectivity index (χ0) is 19.5. The SMILES string of the molecule is C/C(=N\NC(=O)Cn1c(C)nc2ccccc21)c1ccc(-n2ccnc2)cc1. The Kier molecular flexibility index (Phi) is 4.72. The minimum atomic E-state index is -0.194. The van der Waals surface area contributed by atoms with Gasteiger partial charge in [-0.1, -0.05) is 24.3 Å². The molecule has 2 aromatic carbocycles. The minimum absolute atomic E-state index is 0.169. The molecule has 0 bridgehead atoms. The minimum Gasteiger partial charge on any atom is -0.319 e. The van der Waals surface area contributed by atoms with Gasteiger partial charge in [0.15, 0.2) is 0 Å². The van der Waals surface area contributed by atoms with Crippen molar-refractivity contribution < 1.29 is 4.79 Å². The van der Waals surface area contributed by atoms with Crippen molar-refractivity contribution >= 4 is 22.7 Å². The van der Waals surface area contributed by atoms with Crippen LogP contribution in [-0.4, -0.2) is 30.7 Å². The summed E-state index contributed by atoms with van der Waals surface area (Å²) >= 11 is 0. The summed E-state index contributed by atoms with van der Waals surface area (Å²) in [5.41, 5.74) is 7.14. The fraction of sp³-hybridized carbons (Fsp3) is 0.143. The largest absolute Gasteiger partial charge is 0.319 e. The van der Waals surface area contributed by atoms with Gasteiger partial charge in [-0.3, -0.25) is 4.79 Å². The molecule has 0 aliphatic carbocycles. The van der Waals surface area contributed by atoms with Gasteiger partial charge >= 0.3 is 0 Å². The van der Waals surface area contributed by atoms with Crippen LogP contribution >= 0.6 is 0 Å². The van der Waals surface area contributed by atoms with Crippen LogP contribution in [0.2, 0.25) is 0 Å². The van der Waals surface area contributed by atoms with Crippen molar-refractivity contribution in [2.24, 2.45) is 5.10 Å². The summed E-state index contributed by atoms with van der Waals surface area (Å²) in [4.78, 5) is 20.9. The number of carbonyl (C=O) groups is 1. The van der Waals surface area contributed by atoms with Gasteiger partial charge in [0.25, 0.3) is 5.91 Å². The zero-order valence-corrected chi connectivity index (χ0v) is 15.7. The van der Waals surface area contributed by atoms with Crippen molar-refractivity contribution in [3.05, 3.63) is 78.6 Å². The molecule has 0 spiro atoms. The van der Waals surface area contributed by atoms with Crippen LogP contribution in [0.5, 0.6) is 0 Å². The van der Waals surface area contributed by atoms with Gasteiger partial charge in [-0.25, -0.2) is 15.4 Å². The predicted octanol–water partition coefficient (Wildman–Crippen LogP) is 3.07. The van der Waals surface area contributed by atoms with E-state index in [0.717, 1.165) is 33.8 Å². The molecule has 4 aromatic rings. The van der Waals surface area contributed by atoms with E-state index in [9.17, 15) is 4.79 Å². The van der Waals surface area contributed by atoms with Gasteiger partial charge in [0.2, 0.25) is 0 Å². The Hall–Kier alpha value is -3.74. The first-order chi connectivity index (χ1) is 13.6. The van der Waals surface area contributed by atoms with Crippen molar-refractivity contribution in [3.8, 4) is 5.69 Å². The van der Waals surface area contributed by atoms with E-state index < -0.39 is 0 Å². The van der Waals surface area contributed by atoms with Gasteiger partial charge in [0.05, 0.1) is 23.1 Å². The molecule has 0 atom stereocenters. The first-order valence-electron chi connectivity index (χ1n) is 8.95. The molecule has 7 heteroatoms. The monoisotopic (exact) mass is 372 g/mol. The Morgan fingerprint density at radius 2 is 1.93 bits per heavy atom. The Bertz CT molecular complexity index is 1140. The summed E-state index contributed by atoms with van der Waals surface area (Å²) < 4.78 is 3.81. The number of hydrazone groups is 1. The molecule has 7 nitrogen and oxygen atoms in total. The standard InChI is InChI=1S/C21H20N6O/c1-15(17-7-9-18(10-8-17)26-12-11-22-14-26)24-25-21(28)13-27-16(2)23-19-5-3-4-6-20(19)27/h3-12,14H,13H2,1-2H3,(H,25,28)/b24-15+. The van der Waals surface area contributed by atoms with Crippen LogP contribution in [0.4, 0.5) is 0 Å². The molecule has 2 heterocycles. The number of aryl methyl sites for hydroxylation is 1. The average molecular weight is 372 g/mol. The first-order valence-corrected chi connectivity index (χ1v) is 8.95. The summed E-state index contributed by atoms with van der Waals surface area (Å²) in [5.74, 6) is 0.604. The highest BCUT2D eigenvalue weighted by Gasteiger charge is 2.10. The molecule has 0 unspecified atom stereocenters. The Morgan fingerprint density at radius 3 is 2.68 bits per heavy atom. The fourth-order valence-corrected chi connectivity index (χ4v) is 3.07. The van der Waals surface area contributed by atoms with Crippen LogP contribution in [0.1, 0.15) is 18.3 Å². The fourth-order valence-electron chi connectivity index (χ4n) is 3.07. The molecule has 0 radical (unpaired) electrons. The summed E-state index contributed by atoms with van der Waals surface area (Å²) in [6.45, 7) is 3.93. The lowest BCUT2D eigenvalue weighted by atomic mass is 10.1. The van der Waals surface area contributed by atoms with Crippen molar-refractivity contribution in [1.82, 2.24) is 24.5 Å². The number of fused-ring (bicyclic) bond motifs is 1. The molecular weight excluding hydrogens is 352 g/mol. The molecule has 0 aliphatic heterocycles. The second-order valence-corrected chi connectivity index (χ2v) is 6.48. The molecule has 0 fully saturated rings. The van der Waals surface area contributed by atoms with E-state index >= 15 is 0 Å². The first kappa shape index (κ1) is 17.7. The summed E-state index contributed by atoms with van der Waals surface area (Å²) in [5, 5.41) is 4.24. The number of nitrogens with zero attached hydrogens (tertiary/aromatic N) is 5. The van der Waals surface area contributed by atoms with Gasteiger partial charge in [0, 0.05) is 18.1 Å². The molecule has 1 N–H and O–H groups in total. The maximum Gasteiger partial charge on any atom is 0.260 e. The molecule has 140 valence electrons. The number of hydrogen-bond donors (Lipinski definition) is 1. The lowest BCUT2D eigenvalue weighted by Crippen LogP contribution is -2.24. The smallest absolute Gasteiger partial charge is 0.260 e. The average Bonchev–Trinajstić information content (AvgIpc) is 3.35. The third-order valence-corrected chi connectivity index (χ3v) is 4.58. The number of nitrogens with one attached hydrogen (secondary N) is 1. The number of hydrogen-bond acceptors (Lipinski definition) is 4. The van der Waals surface area contributed by atoms with Crippen LogP contribution < -0.4 is 5.43 Å². The maximum absolute atomic E-state index is 12.4. The lowest BCUT2D eigenvalue weighted by molar-refractivity contribution is -0.121. The number of amides is 1. The summed E-state index contributed by atoms with van der Waals surface area (Å²) in [7, 11) is 0. The number of imidazole rings is 2. The maximum atomic E-state index is 12.4. The van der Waals surface area contributed by atoms with Gasteiger partial charge < -0.3 is 9.13 Å². The highest BCUT2D eigenvalue weighted by atomic mass is 16.2. The second-order valence-electron chi connectivity index (χ2n) is 6.48. The summed E-state index contributed by atoms with van der Waals surface area (Å²) in [6.07, 6.45) is 5.37. The molecule has 0 saturated heterocycles. The highest BCUT2D eigenvalue weighted by molar-refractivity contribution is 5.99. The normalized spacial score (nSPS) is 11.7. The number of aromatic nitrogens is 4. The second kappa shape index (κ2) is 7.48. The van der Waals surface area contributed by atoms with E-state index in [4.69, 9.17) is 0 Å². The van der Waals surface area contributed by atoms with E-state index in [0.29, 0.717) is 0 Å². The molecule has 28 heavy (non-hydrogen) atoms. The Labute approximate surface area is 162 Å². The van der Waals surface area contributed by atoms with Gasteiger partial charge in [-0.05, 0) is 43.7 Å². The third-order valence-electron chi connectivity index (χ3n) is 4.58. The Balaban J connectivity index is 1.44. The van der Waals surface area contributed by atoms with Gasteiger partial charge in [-0.2, -0.15) is 5.10 Å². The topological polar surface area (TPSA) is 77.1 Å². The number of carbonyl (C=O) groups excluding carboxylic acids is 1. The molecule has 1 amide bonds. The molecular formula is C21H20N6O. The molecule has 4 rings (SSSR count). The number of benzene rings is 2. The van der Waals surface area contributed by atoms with E-state index in [1.54, 1.807) is 12.5 Å². The van der Waals surface area contributed by atoms with Crippen molar-refractivity contribution in [2.75, 3.05) is 0 Å². The molecule has 0 saturated carbocycles. The predicted molar refractivity (Wildman–Crippen MR) is 108 cm³/mol. The number of rotatable bonds is 5. The van der Waals surface area contributed by atoms with Crippen molar-refractivity contribution in [1.29, 1.82) is 0 Å². The van der Waals surface area contributed by atoms with Gasteiger partial charge in [0.1, 0.15) is 12.4 Å². The van der Waals surface area contributed by atoms with Crippen LogP contribution in [0.3, 0.4) is 0 Å². The van der Waals surface area contributed by atoms with Crippen LogP contribution in [0.15, 0.2) is 72.4 Å². The van der Waals surface area contributed by atoms with Gasteiger partial charge in [-0.15, -0.1) is 0 Å². The van der Waals surface area contributed by atoms with E-state index in [2.05, 4.69) is 20.5 Å². The number of para-hydroxylation sites is 2. The van der Waals surface area contributed by atoms with Crippen LogP contribution in [0.25, 0.3) is 16.7 Å². The third kappa shape index (κ3) is 3.55. The lowest BCUT2D eigenvalue weighted by Gasteiger charge is -2.07. The van der Waals surface area contributed by atoms with E-state index in [-0.39, 0.29) is 12.5 Å². The zero-order valence-electron chi connectivity index (χ0n) is 15.7. The highest BCUT2D eigenvalue weighted by Crippen LogP contribution is 2.15. The van der Waals surface area contributed by atoms with Crippen LogP contribution in [-0.2, 0) is 11.3 Å². The molecule has 0 aliphatic rings. The van der Waals surface area contributed by atoms with Crippen LogP contribution in [0, 0.1) is 6.92 Å². The Morgan fingerprint density at radius 1 is 1.14 bits per heavy atom. The summed E-state index contributed by atoms with van der Waals surface area (Å²) in [6, 6.07) is 15.7. The van der Waals surface area contributed by atoms with Crippen molar-refractivity contribution in [3.63, 3.8) is 0 Å².